The summed E-state index contributed by atoms with van der Waals surface area (Å²) in [6.45, 7) is 5.18. The normalized spacial score (nSPS) is 15.6. The number of nitrogens with zero attached hydrogens (tertiary/aromatic N) is 3. The van der Waals surface area contributed by atoms with Crippen LogP contribution in [0.2, 0.25) is 0 Å². The van der Waals surface area contributed by atoms with Crippen molar-refractivity contribution in [3.8, 4) is 11.3 Å². The van der Waals surface area contributed by atoms with Gasteiger partial charge in [-0.2, -0.15) is 13.2 Å². The maximum Gasteiger partial charge on any atom is 0.490 e. The zero-order valence-electron chi connectivity index (χ0n) is 31.0. The average Bonchev–Trinajstić information content (AvgIpc) is 3.72. The molecule has 0 unspecified atom stereocenters. The molecule has 0 spiro atoms. The summed E-state index contributed by atoms with van der Waals surface area (Å²) in [5.41, 5.74) is 6.73. The number of carboxylic acid groups (broad SMARTS) is 1. The fourth-order valence-electron chi connectivity index (χ4n) is 7.07. The zero-order chi connectivity index (χ0) is 39.4. The zero-order valence-corrected chi connectivity index (χ0v) is 31.9. The van der Waals surface area contributed by atoms with Crippen LogP contribution in [-0.4, -0.2) is 78.3 Å². The molecule has 55 heavy (non-hydrogen) atoms. The smallest absolute Gasteiger partial charge is 0.475 e. The van der Waals surface area contributed by atoms with Gasteiger partial charge >= 0.3 is 12.1 Å². The van der Waals surface area contributed by atoms with Crippen LogP contribution in [-0.2, 0) is 45.5 Å². The number of piperidine rings is 1. The molecule has 1 aliphatic carbocycles. The Morgan fingerprint density at radius 2 is 1.44 bits per heavy atom. The molecule has 1 aliphatic heterocycles. The van der Waals surface area contributed by atoms with Gasteiger partial charge in [0.1, 0.15) is 0 Å². The van der Waals surface area contributed by atoms with Crippen molar-refractivity contribution in [1.82, 2.24) is 20.1 Å². The summed E-state index contributed by atoms with van der Waals surface area (Å²) in [4.78, 5) is 32.6. The number of hydrogen-bond acceptors (Lipinski definition) is 7. The lowest BCUT2D eigenvalue weighted by Gasteiger charge is -2.40. The third-order valence-electron chi connectivity index (χ3n) is 10.2. The SMILES string of the molecule is CS(=O)(=O)c1ccc(CCNCc2ccc(-c3ccc(CN(C(=O)C4CCCC4)C4CCN(Cc5ccccc5)CC4)cc3)nc2)cc1.O=C(O)C(F)(F)F. The molecule has 2 fully saturated rings. The van der Waals surface area contributed by atoms with E-state index < -0.39 is 22.0 Å². The lowest BCUT2D eigenvalue weighted by Crippen LogP contribution is -2.48. The third kappa shape index (κ3) is 12.7. The van der Waals surface area contributed by atoms with Gasteiger partial charge in [0, 0.05) is 62.7 Å². The van der Waals surface area contributed by atoms with Gasteiger partial charge in [-0.3, -0.25) is 14.7 Å². The van der Waals surface area contributed by atoms with Crippen molar-refractivity contribution in [2.24, 2.45) is 5.92 Å². The van der Waals surface area contributed by atoms with Gasteiger partial charge in [-0.05, 0) is 79.1 Å². The first-order chi connectivity index (χ1) is 26.3. The molecule has 2 N–H and O–H groups in total. The Labute approximate surface area is 321 Å². The molecule has 9 nitrogen and oxygen atoms in total. The molecule has 1 saturated heterocycles. The molecule has 4 aromatic rings. The number of pyridine rings is 1. The molecule has 2 aliphatic rings. The number of aliphatic carboxylic acids is 1. The standard InChI is InChI=1S/C40H48N4O3S.C2HF3O2/c1-48(46,47)38-18-13-31(14-19-38)21-24-41-27-34-15-20-39(42-28-34)35-16-11-33(12-17-35)30-44(40(45)36-9-5-6-10-36)37-22-25-43(26-23-37)29-32-7-3-2-4-8-32;3-2(4,5)1(6)7/h2-4,7-8,11-20,28,36-37,41H,5-6,9-10,21-27,29-30H2,1H3;(H,6,7). The number of aromatic nitrogens is 1. The Kier molecular flexibility index (Phi) is 14.6. The Balaban J connectivity index is 0.000000757. The Hall–Kier alpha value is -4.59. The molecular weight excluding hydrogens is 730 g/mol. The van der Waals surface area contributed by atoms with Crippen LogP contribution in [0.25, 0.3) is 11.3 Å². The monoisotopic (exact) mass is 778 g/mol. The fourth-order valence-corrected chi connectivity index (χ4v) is 7.70. The number of sulfone groups is 1. The van der Waals surface area contributed by atoms with Crippen molar-refractivity contribution >= 4 is 21.7 Å². The number of benzene rings is 3. The van der Waals surface area contributed by atoms with E-state index in [0.29, 0.717) is 23.9 Å². The number of likely N-dealkylation sites (tertiary alicyclic amines) is 1. The first kappa shape index (κ1) is 41.6. The van der Waals surface area contributed by atoms with Crippen LogP contribution in [0.4, 0.5) is 13.2 Å². The van der Waals surface area contributed by atoms with Gasteiger partial charge in [0.15, 0.2) is 9.84 Å². The Morgan fingerprint density at radius 1 is 0.836 bits per heavy atom. The minimum Gasteiger partial charge on any atom is -0.475 e. The van der Waals surface area contributed by atoms with E-state index in [9.17, 15) is 26.4 Å². The van der Waals surface area contributed by atoms with Crippen LogP contribution in [0.1, 0.15) is 60.8 Å². The topological polar surface area (TPSA) is 120 Å². The summed E-state index contributed by atoms with van der Waals surface area (Å²) >= 11 is 0. The van der Waals surface area contributed by atoms with E-state index in [1.54, 1.807) is 12.1 Å². The number of halogens is 3. The molecule has 0 atom stereocenters. The minimum absolute atomic E-state index is 0.178. The van der Waals surface area contributed by atoms with Crippen molar-refractivity contribution in [1.29, 1.82) is 0 Å². The third-order valence-corrected chi connectivity index (χ3v) is 11.3. The molecule has 2 heterocycles. The number of carbonyl (C=O) groups excluding carboxylic acids is 1. The maximum absolute atomic E-state index is 13.8. The molecular formula is C42H49F3N4O5S. The number of amides is 1. The summed E-state index contributed by atoms with van der Waals surface area (Å²) in [7, 11) is -3.17. The minimum atomic E-state index is -5.08. The first-order valence-corrected chi connectivity index (χ1v) is 20.6. The molecule has 1 aromatic heterocycles. The van der Waals surface area contributed by atoms with Crippen molar-refractivity contribution in [2.45, 2.75) is 81.7 Å². The van der Waals surface area contributed by atoms with Crippen LogP contribution in [0.15, 0.2) is 102 Å². The lowest BCUT2D eigenvalue weighted by molar-refractivity contribution is -0.192. The van der Waals surface area contributed by atoms with Crippen LogP contribution in [0.3, 0.4) is 0 Å². The summed E-state index contributed by atoms with van der Waals surface area (Å²) in [5.74, 6) is -2.22. The molecule has 0 radical (unpaired) electrons. The molecule has 294 valence electrons. The summed E-state index contributed by atoms with van der Waals surface area (Å²) in [5, 5.41) is 10.6. The van der Waals surface area contributed by atoms with Gasteiger partial charge < -0.3 is 15.3 Å². The number of hydrogen-bond donors (Lipinski definition) is 2. The highest BCUT2D eigenvalue weighted by atomic mass is 32.2. The summed E-state index contributed by atoms with van der Waals surface area (Å²) in [6.07, 6.45) is 5.31. The van der Waals surface area contributed by atoms with E-state index in [1.165, 1.54) is 30.2 Å². The summed E-state index contributed by atoms with van der Waals surface area (Å²) in [6, 6.07) is 30.8. The van der Waals surface area contributed by atoms with Crippen LogP contribution < -0.4 is 5.32 Å². The van der Waals surface area contributed by atoms with Crippen molar-refractivity contribution in [3.63, 3.8) is 0 Å². The quantitative estimate of drug-likeness (QED) is 0.136. The highest BCUT2D eigenvalue weighted by molar-refractivity contribution is 7.90. The predicted molar refractivity (Wildman–Crippen MR) is 206 cm³/mol. The number of carboxylic acids is 1. The second kappa shape index (κ2) is 19.3. The van der Waals surface area contributed by atoms with E-state index >= 15 is 0 Å². The first-order valence-electron chi connectivity index (χ1n) is 18.7. The number of alkyl halides is 3. The van der Waals surface area contributed by atoms with Crippen molar-refractivity contribution < 1.29 is 36.3 Å². The largest absolute Gasteiger partial charge is 0.490 e. The second-order valence-electron chi connectivity index (χ2n) is 14.3. The molecule has 6 rings (SSSR count). The van der Waals surface area contributed by atoms with Crippen LogP contribution in [0.5, 0.6) is 0 Å². The molecule has 0 bridgehead atoms. The van der Waals surface area contributed by atoms with Gasteiger partial charge in [0.05, 0.1) is 10.6 Å². The van der Waals surface area contributed by atoms with Gasteiger partial charge in [-0.1, -0.05) is 85.6 Å². The predicted octanol–water partition coefficient (Wildman–Crippen LogP) is 7.30. The lowest BCUT2D eigenvalue weighted by atomic mass is 9.98. The highest BCUT2D eigenvalue weighted by Gasteiger charge is 2.38. The van der Waals surface area contributed by atoms with Gasteiger partial charge in [0.2, 0.25) is 5.91 Å². The van der Waals surface area contributed by atoms with Crippen LogP contribution >= 0.6 is 0 Å². The molecule has 13 heteroatoms. The molecule has 1 saturated carbocycles. The van der Waals surface area contributed by atoms with Crippen molar-refractivity contribution in [2.75, 3.05) is 25.9 Å². The number of nitrogens with one attached hydrogen (secondary N) is 1. The Bertz CT molecular complexity index is 1930. The van der Waals surface area contributed by atoms with Crippen LogP contribution in [0, 0.1) is 5.92 Å². The van der Waals surface area contributed by atoms with E-state index in [0.717, 1.165) is 80.7 Å². The van der Waals surface area contributed by atoms with Crippen molar-refractivity contribution in [3.05, 3.63) is 119 Å². The van der Waals surface area contributed by atoms with Gasteiger partial charge in [0.25, 0.3) is 0 Å². The maximum atomic E-state index is 13.8. The number of rotatable bonds is 13. The summed E-state index contributed by atoms with van der Waals surface area (Å²) < 4.78 is 55.1. The van der Waals surface area contributed by atoms with E-state index in [4.69, 9.17) is 14.9 Å². The van der Waals surface area contributed by atoms with E-state index in [2.05, 4.69) is 81.8 Å². The van der Waals surface area contributed by atoms with Gasteiger partial charge in [-0.15, -0.1) is 0 Å². The fraction of sp³-hybridized carbons (Fsp3) is 0.405. The second-order valence-corrected chi connectivity index (χ2v) is 16.4. The Morgan fingerprint density at radius 3 is 2.00 bits per heavy atom. The van der Waals surface area contributed by atoms with Gasteiger partial charge in [-0.25, -0.2) is 13.2 Å². The number of carbonyl (C=O) groups is 2. The van der Waals surface area contributed by atoms with E-state index in [1.807, 2.05) is 18.3 Å². The average molecular weight is 779 g/mol. The molecule has 3 aromatic carbocycles. The molecule has 1 amide bonds. The van der Waals surface area contributed by atoms with E-state index in [-0.39, 0.29) is 12.0 Å². The highest BCUT2D eigenvalue weighted by Crippen LogP contribution is 2.30.